The SMILES string of the molecule is O=C(COc1ccc(F)cc1)Nc1nc(-c2ccc(-c3cccc(F)c3)s2)cs1. The molecule has 8 heteroatoms. The molecule has 0 saturated carbocycles. The molecule has 2 aromatic heterocycles. The lowest BCUT2D eigenvalue weighted by atomic mass is 10.2. The van der Waals surface area contributed by atoms with Crippen molar-refractivity contribution < 1.29 is 18.3 Å². The number of anilines is 1. The first-order valence-corrected chi connectivity index (χ1v) is 10.3. The van der Waals surface area contributed by atoms with Crippen molar-refractivity contribution in [1.29, 1.82) is 0 Å². The van der Waals surface area contributed by atoms with Crippen molar-refractivity contribution >= 4 is 33.7 Å². The average molecular weight is 428 g/mol. The second kappa shape index (κ2) is 8.50. The Morgan fingerprint density at radius 2 is 1.79 bits per heavy atom. The van der Waals surface area contributed by atoms with Crippen LogP contribution in [0.25, 0.3) is 21.0 Å². The van der Waals surface area contributed by atoms with Gasteiger partial charge in [0.2, 0.25) is 0 Å². The molecule has 2 heterocycles. The molecule has 0 unspecified atom stereocenters. The Bertz CT molecular complexity index is 1140. The van der Waals surface area contributed by atoms with Crippen molar-refractivity contribution in [3.05, 3.63) is 77.7 Å². The van der Waals surface area contributed by atoms with Gasteiger partial charge in [0.05, 0.1) is 10.6 Å². The Morgan fingerprint density at radius 3 is 2.59 bits per heavy atom. The second-order valence-corrected chi connectivity index (χ2v) is 7.94. The number of amides is 1. The number of hydrogen-bond donors (Lipinski definition) is 1. The minimum Gasteiger partial charge on any atom is -0.484 e. The van der Waals surface area contributed by atoms with Gasteiger partial charge in [-0.1, -0.05) is 12.1 Å². The zero-order valence-electron chi connectivity index (χ0n) is 14.9. The Morgan fingerprint density at radius 1 is 1.00 bits per heavy atom. The molecule has 0 saturated heterocycles. The number of thiophene rings is 1. The lowest BCUT2D eigenvalue weighted by Gasteiger charge is -2.05. The average Bonchev–Trinajstić information content (AvgIpc) is 3.37. The van der Waals surface area contributed by atoms with E-state index in [1.807, 2.05) is 23.6 Å². The number of carbonyl (C=O) groups is 1. The highest BCUT2D eigenvalue weighted by atomic mass is 32.1. The molecule has 0 radical (unpaired) electrons. The van der Waals surface area contributed by atoms with E-state index in [4.69, 9.17) is 4.74 Å². The van der Waals surface area contributed by atoms with Crippen LogP contribution in [0, 0.1) is 11.6 Å². The fourth-order valence-electron chi connectivity index (χ4n) is 2.55. The summed E-state index contributed by atoms with van der Waals surface area (Å²) in [6, 6.07) is 15.7. The summed E-state index contributed by atoms with van der Waals surface area (Å²) in [6.45, 7) is -0.205. The van der Waals surface area contributed by atoms with Gasteiger partial charge in [-0.15, -0.1) is 22.7 Å². The lowest BCUT2D eigenvalue weighted by molar-refractivity contribution is -0.118. The Labute approximate surface area is 173 Å². The highest BCUT2D eigenvalue weighted by molar-refractivity contribution is 7.19. The van der Waals surface area contributed by atoms with Crippen LogP contribution >= 0.6 is 22.7 Å². The van der Waals surface area contributed by atoms with Gasteiger partial charge in [-0.2, -0.15) is 0 Å². The summed E-state index contributed by atoms with van der Waals surface area (Å²) in [5.74, 6) is -0.600. The number of ether oxygens (including phenoxy) is 1. The number of carbonyl (C=O) groups excluding carboxylic acids is 1. The van der Waals surface area contributed by atoms with E-state index >= 15 is 0 Å². The third kappa shape index (κ3) is 4.85. The number of nitrogens with zero attached hydrogens (tertiary/aromatic N) is 1. The first kappa shape index (κ1) is 19.2. The van der Waals surface area contributed by atoms with Crippen molar-refractivity contribution in [3.63, 3.8) is 0 Å². The van der Waals surface area contributed by atoms with Gasteiger partial charge in [-0.05, 0) is 54.1 Å². The van der Waals surface area contributed by atoms with Crippen LogP contribution in [-0.4, -0.2) is 17.5 Å². The molecule has 2 aromatic carbocycles. The zero-order chi connectivity index (χ0) is 20.2. The standard InChI is InChI=1S/C21H14F2N2O2S2/c22-14-4-6-16(7-5-14)27-11-20(26)25-21-24-17(12-28-21)19-9-8-18(29-19)13-2-1-3-15(23)10-13/h1-10,12H,11H2,(H,24,25,26). The van der Waals surface area contributed by atoms with E-state index in [0.29, 0.717) is 10.9 Å². The monoisotopic (exact) mass is 428 g/mol. The first-order valence-electron chi connectivity index (χ1n) is 8.57. The normalized spacial score (nSPS) is 10.7. The molecular formula is C21H14F2N2O2S2. The predicted molar refractivity (Wildman–Crippen MR) is 111 cm³/mol. The fourth-order valence-corrected chi connectivity index (χ4v) is 4.32. The van der Waals surface area contributed by atoms with E-state index in [1.165, 1.54) is 59.1 Å². The van der Waals surface area contributed by atoms with Crippen LogP contribution in [0.5, 0.6) is 5.75 Å². The van der Waals surface area contributed by atoms with Gasteiger partial charge in [0.15, 0.2) is 11.7 Å². The van der Waals surface area contributed by atoms with Gasteiger partial charge < -0.3 is 4.74 Å². The second-order valence-electron chi connectivity index (χ2n) is 6.00. The number of benzene rings is 2. The van der Waals surface area contributed by atoms with Crippen LogP contribution in [0.15, 0.2) is 66.0 Å². The molecule has 0 aliphatic heterocycles. The summed E-state index contributed by atoms with van der Waals surface area (Å²) in [4.78, 5) is 18.3. The van der Waals surface area contributed by atoms with Crippen molar-refractivity contribution in [2.45, 2.75) is 0 Å². The van der Waals surface area contributed by atoms with Gasteiger partial charge in [-0.25, -0.2) is 13.8 Å². The van der Waals surface area contributed by atoms with Crippen molar-refractivity contribution in [2.75, 3.05) is 11.9 Å². The fraction of sp³-hybridized carbons (Fsp3) is 0.0476. The molecular weight excluding hydrogens is 414 g/mol. The van der Waals surface area contributed by atoms with Gasteiger partial charge >= 0.3 is 0 Å². The lowest BCUT2D eigenvalue weighted by Crippen LogP contribution is -2.20. The maximum atomic E-state index is 13.4. The van der Waals surface area contributed by atoms with E-state index < -0.39 is 0 Å². The first-order chi connectivity index (χ1) is 14.1. The molecule has 146 valence electrons. The summed E-state index contributed by atoms with van der Waals surface area (Å²) in [5.41, 5.74) is 1.54. The van der Waals surface area contributed by atoms with Crippen molar-refractivity contribution in [2.24, 2.45) is 0 Å². The number of nitrogens with one attached hydrogen (secondary N) is 1. The van der Waals surface area contributed by atoms with Gasteiger partial charge in [0.1, 0.15) is 17.4 Å². The van der Waals surface area contributed by atoms with E-state index in [0.717, 1.165) is 21.0 Å². The van der Waals surface area contributed by atoms with Crippen LogP contribution in [0.4, 0.5) is 13.9 Å². The third-order valence-electron chi connectivity index (χ3n) is 3.90. The number of hydrogen-bond acceptors (Lipinski definition) is 5. The summed E-state index contributed by atoms with van der Waals surface area (Å²) in [5, 5.41) is 4.98. The van der Waals surface area contributed by atoms with Crippen LogP contribution < -0.4 is 10.1 Å². The topological polar surface area (TPSA) is 51.2 Å². The molecule has 0 aliphatic carbocycles. The Kier molecular flexibility index (Phi) is 5.64. The molecule has 0 fully saturated rings. The molecule has 1 N–H and O–H groups in total. The van der Waals surface area contributed by atoms with E-state index in [9.17, 15) is 13.6 Å². The van der Waals surface area contributed by atoms with Crippen LogP contribution in [0.1, 0.15) is 0 Å². The summed E-state index contributed by atoms with van der Waals surface area (Å²) in [6.07, 6.45) is 0. The predicted octanol–water partition coefficient (Wildman–Crippen LogP) is 5.83. The Hall–Kier alpha value is -3.10. The molecule has 0 aliphatic rings. The van der Waals surface area contributed by atoms with Crippen LogP contribution in [0.3, 0.4) is 0 Å². The highest BCUT2D eigenvalue weighted by Gasteiger charge is 2.11. The minimum atomic E-state index is -0.369. The molecule has 4 aromatic rings. The van der Waals surface area contributed by atoms with Gasteiger partial charge in [-0.3, -0.25) is 10.1 Å². The number of aromatic nitrogens is 1. The minimum absolute atomic E-state index is 0.205. The molecule has 29 heavy (non-hydrogen) atoms. The zero-order valence-corrected chi connectivity index (χ0v) is 16.5. The number of thiazole rings is 1. The van der Waals surface area contributed by atoms with Gasteiger partial charge in [0.25, 0.3) is 5.91 Å². The van der Waals surface area contributed by atoms with Crippen LogP contribution in [0.2, 0.25) is 0 Å². The molecule has 1 amide bonds. The summed E-state index contributed by atoms with van der Waals surface area (Å²) in [7, 11) is 0. The molecule has 4 nitrogen and oxygen atoms in total. The Balaban J connectivity index is 1.38. The third-order valence-corrected chi connectivity index (χ3v) is 5.82. The molecule has 0 bridgehead atoms. The van der Waals surface area contributed by atoms with Crippen molar-refractivity contribution in [1.82, 2.24) is 4.98 Å². The van der Waals surface area contributed by atoms with E-state index in [2.05, 4.69) is 10.3 Å². The maximum Gasteiger partial charge on any atom is 0.264 e. The van der Waals surface area contributed by atoms with E-state index in [1.54, 1.807) is 6.07 Å². The summed E-state index contributed by atoms with van der Waals surface area (Å²) < 4.78 is 31.6. The summed E-state index contributed by atoms with van der Waals surface area (Å²) >= 11 is 2.80. The van der Waals surface area contributed by atoms with Crippen molar-refractivity contribution in [3.8, 4) is 26.8 Å². The number of halogens is 2. The molecule has 0 atom stereocenters. The number of rotatable bonds is 6. The smallest absolute Gasteiger partial charge is 0.264 e. The molecule has 4 rings (SSSR count). The van der Waals surface area contributed by atoms with E-state index in [-0.39, 0.29) is 24.1 Å². The quantitative estimate of drug-likeness (QED) is 0.420. The van der Waals surface area contributed by atoms with Crippen LogP contribution in [-0.2, 0) is 4.79 Å². The molecule has 0 spiro atoms. The maximum absolute atomic E-state index is 13.4. The van der Waals surface area contributed by atoms with Gasteiger partial charge in [0, 0.05) is 10.3 Å². The highest BCUT2D eigenvalue weighted by Crippen LogP contribution is 2.35. The largest absolute Gasteiger partial charge is 0.484 e.